The van der Waals surface area contributed by atoms with E-state index in [2.05, 4.69) is 15.0 Å². The second kappa shape index (κ2) is 6.83. The van der Waals surface area contributed by atoms with Gasteiger partial charge < -0.3 is 14.8 Å². The Labute approximate surface area is 151 Å². The lowest BCUT2D eigenvalue weighted by Crippen LogP contribution is -2.12. The van der Waals surface area contributed by atoms with Gasteiger partial charge in [0.25, 0.3) is 5.91 Å². The number of nitrogens with one attached hydrogen (secondary N) is 2. The molecule has 0 atom stereocenters. The van der Waals surface area contributed by atoms with E-state index in [4.69, 9.17) is 9.47 Å². The molecule has 1 aromatic carbocycles. The summed E-state index contributed by atoms with van der Waals surface area (Å²) in [5, 5.41) is 2.79. The molecular formula is C17H19N3O5S. The van der Waals surface area contributed by atoms with Crippen LogP contribution >= 0.6 is 0 Å². The Kier molecular flexibility index (Phi) is 4.73. The minimum Gasteiger partial charge on any atom is -0.494 e. The van der Waals surface area contributed by atoms with Crippen molar-refractivity contribution in [2.45, 2.75) is 13.5 Å². The fourth-order valence-electron chi connectivity index (χ4n) is 2.85. The molecule has 0 aliphatic carbocycles. The molecule has 9 heteroatoms. The lowest BCUT2D eigenvalue weighted by atomic mass is 9.97. The zero-order valence-electron chi connectivity index (χ0n) is 14.6. The number of anilines is 1. The van der Waals surface area contributed by atoms with Crippen LogP contribution in [0.4, 0.5) is 5.69 Å². The fourth-order valence-corrected chi connectivity index (χ4v) is 3.39. The predicted octanol–water partition coefficient (Wildman–Crippen LogP) is 1.77. The first kappa shape index (κ1) is 18.0. The maximum Gasteiger partial charge on any atom is 0.252 e. The summed E-state index contributed by atoms with van der Waals surface area (Å²) in [4.78, 5) is 16.2. The van der Waals surface area contributed by atoms with Gasteiger partial charge in [0.2, 0.25) is 15.9 Å². The van der Waals surface area contributed by atoms with Crippen LogP contribution < -0.4 is 19.5 Å². The molecule has 1 aliphatic heterocycles. The highest BCUT2D eigenvalue weighted by Crippen LogP contribution is 2.36. The monoisotopic (exact) mass is 377 g/mol. The van der Waals surface area contributed by atoms with Crippen molar-refractivity contribution in [2.75, 3.05) is 24.7 Å². The standard InChI is InChI=1S/C17H19N3O5S/c1-4-25-11-6-12(14-9-18-16(21)13(14)7-11)10-5-15(20-26(3,22)23)17(24-2)19-8-10/h5-8,20H,4,9H2,1-3H3,(H,18,21). The third-order valence-corrected chi connectivity index (χ3v) is 4.45. The molecule has 0 spiro atoms. The molecule has 0 unspecified atom stereocenters. The van der Waals surface area contributed by atoms with Crippen LogP contribution in [0.5, 0.6) is 11.6 Å². The van der Waals surface area contributed by atoms with E-state index in [1.54, 1.807) is 18.3 Å². The van der Waals surface area contributed by atoms with E-state index < -0.39 is 10.0 Å². The molecule has 1 aliphatic rings. The number of nitrogens with zero attached hydrogens (tertiary/aromatic N) is 1. The van der Waals surface area contributed by atoms with Crippen LogP contribution in [0.3, 0.4) is 0 Å². The van der Waals surface area contributed by atoms with Crippen LogP contribution in [0.2, 0.25) is 0 Å². The third kappa shape index (κ3) is 3.57. The maximum atomic E-state index is 12.1. The van der Waals surface area contributed by atoms with Gasteiger partial charge in [0.15, 0.2) is 0 Å². The highest BCUT2D eigenvalue weighted by molar-refractivity contribution is 7.92. The molecule has 138 valence electrons. The number of hydrogen-bond acceptors (Lipinski definition) is 6. The number of aromatic nitrogens is 1. The summed E-state index contributed by atoms with van der Waals surface area (Å²) in [6.07, 6.45) is 2.62. The van der Waals surface area contributed by atoms with Crippen molar-refractivity contribution >= 4 is 21.6 Å². The molecule has 0 radical (unpaired) electrons. The lowest BCUT2D eigenvalue weighted by molar-refractivity contribution is 0.0965. The Hall–Kier alpha value is -2.81. The van der Waals surface area contributed by atoms with Gasteiger partial charge >= 0.3 is 0 Å². The number of rotatable bonds is 6. The van der Waals surface area contributed by atoms with E-state index in [1.807, 2.05) is 13.0 Å². The van der Waals surface area contributed by atoms with Crippen molar-refractivity contribution in [1.82, 2.24) is 10.3 Å². The zero-order valence-corrected chi connectivity index (χ0v) is 15.4. The molecule has 1 aromatic heterocycles. The van der Waals surface area contributed by atoms with Gasteiger partial charge in [-0.15, -0.1) is 0 Å². The second-order valence-corrected chi connectivity index (χ2v) is 7.52. The Balaban J connectivity index is 2.16. The van der Waals surface area contributed by atoms with E-state index in [-0.39, 0.29) is 17.5 Å². The van der Waals surface area contributed by atoms with Gasteiger partial charge in [-0.1, -0.05) is 0 Å². The first-order valence-electron chi connectivity index (χ1n) is 7.92. The van der Waals surface area contributed by atoms with Gasteiger partial charge in [-0.3, -0.25) is 9.52 Å². The number of benzene rings is 1. The first-order chi connectivity index (χ1) is 12.3. The molecule has 26 heavy (non-hydrogen) atoms. The SMILES string of the molecule is CCOc1cc2c(c(-c3cnc(OC)c(NS(C)(=O)=O)c3)c1)CNC2=O. The van der Waals surface area contributed by atoms with Crippen LogP contribution in [0.25, 0.3) is 11.1 Å². The van der Waals surface area contributed by atoms with E-state index in [9.17, 15) is 13.2 Å². The van der Waals surface area contributed by atoms with Gasteiger partial charge in [0.05, 0.1) is 20.0 Å². The molecule has 0 bridgehead atoms. The van der Waals surface area contributed by atoms with Crippen LogP contribution in [-0.2, 0) is 16.6 Å². The third-order valence-electron chi connectivity index (χ3n) is 3.86. The number of carbonyl (C=O) groups is 1. The molecule has 2 aromatic rings. The summed E-state index contributed by atoms with van der Waals surface area (Å²) in [6, 6.07) is 5.15. The van der Waals surface area contributed by atoms with Crippen molar-refractivity contribution in [3.63, 3.8) is 0 Å². The number of pyridine rings is 1. The topological polar surface area (TPSA) is 107 Å². The number of ether oxygens (including phenoxy) is 2. The second-order valence-electron chi connectivity index (χ2n) is 5.77. The minimum absolute atomic E-state index is 0.158. The Morgan fingerprint density at radius 1 is 1.27 bits per heavy atom. The maximum absolute atomic E-state index is 12.1. The fraction of sp³-hybridized carbons (Fsp3) is 0.294. The molecule has 2 heterocycles. The molecule has 0 fully saturated rings. The summed E-state index contributed by atoms with van der Waals surface area (Å²) in [7, 11) is -2.10. The Bertz CT molecular complexity index is 973. The van der Waals surface area contributed by atoms with Crippen molar-refractivity contribution in [1.29, 1.82) is 0 Å². The number of methoxy groups -OCH3 is 1. The van der Waals surface area contributed by atoms with Crippen LogP contribution in [0, 0.1) is 0 Å². The van der Waals surface area contributed by atoms with Crippen LogP contribution in [-0.4, -0.2) is 39.3 Å². The number of amides is 1. The average molecular weight is 377 g/mol. The average Bonchev–Trinajstić information content (AvgIpc) is 2.94. The highest BCUT2D eigenvalue weighted by Gasteiger charge is 2.24. The summed E-state index contributed by atoms with van der Waals surface area (Å²) < 4.78 is 36.3. The number of hydrogen-bond donors (Lipinski definition) is 2. The molecule has 0 saturated carbocycles. The zero-order chi connectivity index (χ0) is 18.9. The summed E-state index contributed by atoms with van der Waals surface area (Å²) >= 11 is 0. The van der Waals surface area contributed by atoms with E-state index in [0.717, 1.165) is 17.4 Å². The summed E-state index contributed by atoms with van der Waals surface area (Å²) in [6.45, 7) is 2.70. The van der Waals surface area contributed by atoms with Gasteiger partial charge in [-0.25, -0.2) is 13.4 Å². The number of carbonyl (C=O) groups excluding carboxylic acids is 1. The predicted molar refractivity (Wildman–Crippen MR) is 97.0 cm³/mol. The Morgan fingerprint density at radius 3 is 2.65 bits per heavy atom. The van der Waals surface area contributed by atoms with E-state index in [0.29, 0.717) is 30.0 Å². The van der Waals surface area contributed by atoms with Gasteiger partial charge in [0.1, 0.15) is 11.4 Å². The number of fused-ring (bicyclic) bond motifs is 1. The van der Waals surface area contributed by atoms with E-state index in [1.165, 1.54) is 7.11 Å². The molecule has 2 N–H and O–H groups in total. The number of sulfonamides is 1. The smallest absolute Gasteiger partial charge is 0.252 e. The van der Waals surface area contributed by atoms with Crippen LogP contribution in [0.1, 0.15) is 22.8 Å². The van der Waals surface area contributed by atoms with Crippen molar-refractivity contribution in [3.05, 3.63) is 35.5 Å². The van der Waals surface area contributed by atoms with Gasteiger partial charge in [0, 0.05) is 23.9 Å². The van der Waals surface area contributed by atoms with E-state index >= 15 is 0 Å². The van der Waals surface area contributed by atoms with Crippen LogP contribution in [0.15, 0.2) is 24.4 Å². The normalized spacial score (nSPS) is 13.1. The molecular weight excluding hydrogens is 358 g/mol. The van der Waals surface area contributed by atoms with Crippen molar-refractivity contribution in [3.8, 4) is 22.8 Å². The molecule has 0 saturated heterocycles. The summed E-state index contributed by atoms with van der Waals surface area (Å²) in [5.74, 6) is 0.552. The highest BCUT2D eigenvalue weighted by atomic mass is 32.2. The molecule has 3 rings (SSSR count). The van der Waals surface area contributed by atoms with Crippen molar-refractivity contribution in [2.24, 2.45) is 0 Å². The minimum atomic E-state index is -3.51. The Morgan fingerprint density at radius 2 is 2.00 bits per heavy atom. The molecule has 8 nitrogen and oxygen atoms in total. The largest absolute Gasteiger partial charge is 0.494 e. The first-order valence-corrected chi connectivity index (χ1v) is 9.81. The van der Waals surface area contributed by atoms with Gasteiger partial charge in [-0.05, 0) is 36.2 Å². The quantitative estimate of drug-likeness (QED) is 0.795. The molecule has 1 amide bonds. The lowest BCUT2D eigenvalue weighted by Gasteiger charge is -2.14. The van der Waals surface area contributed by atoms with Gasteiger partial charge in [-0.2, -0.15) is 0 Å². The summed E-state index contributed by atoms with van der Waals surface area (Å²) in [5.41, 5.74) is 2.97. The van der Waals surface area contributed by atoms with Crippen molar-refractivity contribution < 1.29 is 22.7 Å².